The summed E-state index contributed by atoms with van der Waals surface area (Å²) in [6, 6.07) is 0. The summed E-state index contributed by atoms with van der Waals surface area (Å²) in [5.41, 5.74) is 1.19. The van der Waals surface area contributed by atoms with E-state index >= 15 is 0 Å². The van der Waals surface area contributed by atoms with Gasteiger partial charge in [0, 0.05) is 0 Å². The second-order valence-electron chi connectivity index (χ2n) is 6.34. The Morgan fingerprint density at radius 2 is 2.10 bits per heavy atom. The summed E-state index contributed by atoms with van der Waals surface area (Å²) in [7, 11) is 0. The zero-order chi connectivity index (χ0) is 15.3. The quantitative estimate of drug-likeness (QED) is 0.615. The van der Waals surface area contributed by atoms with Gasteiger partial charge in [-0.15, -0.1) is 0 Å². The van der Waals surface area contributed by atoms with Gasteiger partial charge in [-0.3, -0.25) is 4.79 Å². The average Bonchev–Trinajstić information content (AvgIpc) is 2.35. The van der Waals surface area contributed by atoms with Crippen molar-refractivity contribution in [2.45, 2.75) is 72.3 Å². The third kappa shape index (κ3) is 3.63. The Hall–Kier alpha value is -0.830. The monoisotopic (exact) mass is 282 g/mol. The van der Waals surface area contributed by atoms with Crippen LogP contribution in [0.15, 0.2) is 11.1 Å². The molecule has 1 saturated carbocycles. The van der Waals surface area contributed by atoms with Crippen LogP contribution >= 0.6 is 0 Å². The Morgan fingerprint density at radius 1 is 1.45 bits per heavy atom. The van der Waals surface area contributed by atoms with Crippen LogP contribution in [-0.4, -0.2) is 23.3 Å². The molecule has 0 amide bonds. The largest absolute Gasteiger partial charge is 0.466 e. The van der Waals surface area contributed by atoms with E-state index in [1.807, 2.05) is 27.7 Å². The van der Waals surface area contributed by atoms with E-state index in [9.17, 15) is 9.90 Å². The van der Waals surface area contributed by atoms with Crippen LogP contribution in [0.1, 0.15) is 66.7 Å². The molecule has 0 spiro atoms. The zero-order valence-corrected chi connectivity index (χ0v) is 13.7. The fraction of sp³-hybridized carbons (Fsp3) is 0.824. The molecule has 0 heterocycles. The predicted molar refractivity (Wildman–Crippen MR) is 81.4 cm³/mol. The molecule has 3 heteroatoms. The first-order valence-electron chi connectivity index (χ1n) is 7.92. The van der Waals surface area contributed by atoms with Crippen LogP contribution in [0, 0.1) is 11.8 Å². The Bertz CT molecular complexity index is 368. The van der Waals surface area contributed by atoms with E-state index in [2.05, 4.69) is 6.92 Å². The molecule has 3 nitrogen and oxygen atoms in total. The van der Waals surface area contributed by atoms with Crippen LogP contribution in [-0.2, 0) is 9.53 Å². The smallest absolute Gasteiger partial charge is 0.312 e. The van der Waals surface area contributed by atoms with E-state index in [0.717, 1.165) is 30.4 Å². The fourth-order valence-electron chi connectivity index (χ4n) is 3.48. The van der Waals surface area contributed by atoms with Gasteiger partial charge in [-0.1, -0.05) is 25.8 Å². The first-order chi connectivity index (χ1) is 9.36. The van der Waals surface area contributed by atoms with Crippen molar-refractivity contribution in [3.63, 3.8) is 0 Å². The summed E-state index contributed by atoms with van der Waals surface area (Å²) in [6.45, 7) is 10.4. The highest BCUT2D eigenvalue weighted by Crippen LogP contribution is 2.44. The lowest BCUT2D eigenvalue weighted by Gasteiger charge is -2.43. The second-order valence-corrected chi connectivity index (χ2v) is 6.34. The molecule has 0 bridgehead atoms. The highest BCUT2D eigenvalue weighted by Gasteiger charge is 2.47. The summed E-state index contributed by atoms with van der Waals surface area (Å²) in [5.74, 6) is -0.235. The first kappa shape index (κ1) is 17.2. The molecule has 0 aromatic rings. The first-order valence-corrected chi connectivity index (χ1v) is 7.92. The van der Waals surface area contributed by atoms with E-state index in [1.54, 1.807) is 0 Å². The number of hydrogen-bond donors (Lipinski definition) is 1. The van der Waals surface area contributed by atoms with E-state index < -0.39 is 11.5 Å². The molecule has 20 heavy (non-hydrogen) atoms. The van der Waals surface area contributed by atoms with Crippen molar-refractivity contribution < 1.29 is 14.6 Å². The van der Waals surface area contributed by atoms with E-state index in [1.165, 1.54) is 0 Å². The molecule has 0 aromatic carbocycles. The number of carbonyl (C=O) groups excluding carboxylic acids is 1. The number of aliphatic hydroxyl groups is 1. The van der Waals surface area contributed by atoms with Crippen molar-refractivity contribution in [3.05, 3.63) is 11.1 Å². The average molecular weight is 282 g/mol. The van der Waals surface area contributed by atoms with Crippen LogP contribution in [0.5, 0.6) is 0 Å². The Morgan fingerprint density at radius 3 is 2.60 bits per heavy atom. The zero-order valence-electron chi connectivity index (χ0n) is 13.7. The predicted octanol–water partition coefficient (Wildman–Crippen LogP) is 3.85. The van der Waals surface area contributed by atoms with Gasteiger partial charge < -0.3 is 9.84 Å². The molecule has 1 fully saturated rings. The molecular weight excluding hydrogens is 252 g/mol. The van der Waals surface area contributed by atoms with Gasteiger partial charge in [0.25, 0.3) is 0 Å². The summed E-state index contributed by atoms with van der Waals surface area (Å²) in [6.07, 6.45) is 4.19. The number of ether oxygens (including phenoxy) is 1. The lowest BCUT2D eigenvalue weighted by atomic mass is 9.66. The molecular formula is C17H30O3. The van der Waals surface area contributed by atoms with Crippen molar-refractivity contribution >= 4 is 5.97 Å². The third-order valence-corrected chi connectivity index (χ3v) is 4.40. The molecule has 0 saturated heterocycles. The minimum atomic E-state index is -1.02. The minimum Gasteiger partial charge on any atom is -0.466 e. The number of allylic oxidation sites excluding steroid dienone is 1. The molecule has 0 aliphatic heterocycles. The van der Waals surface area contributed by atoms with Gasteiger partial charge in [0.2, 0.25) is 0 Å². The van der Waals surface area contributed by atoms with Crippen molar-refractivity contribution in [1.29, 1.82) is 0 Å². The van der Waals surface area contributed by atoms with Gasteiger partial charge in [0.05, 0.1) is 18.1 Å². The SMILES string of the molecule is CCCC(C(=O)OCC)C1(O)CC(C)CCC1=C(C)C. The van der Waals surface area contributed by atoms with E-state index in [4.69, 9.17) is 4.74 Å². The molecule has 1 aliphatic rings. The van der Waals surface area contributed by atoms with Crippen LogP contribution in [0.2, 0.25) is 0 Å². The summed E-state index contributed by atoms with van der Waals surface area (Å²) in [4.78, 5) is 12.3. The highest BCUT2D eigenvalue weighted by molar-refractivity contribution is 5.75. The molecule has 3 atom stereocenters. The topological polar surface area (TPSA) is 46.5 Å². The maximum Gasteiger partial charge on any atom is 0.312 e. The Balaban J connectivity index is 3.16. The van der Waals surface area contributed by atoms with Crippen molar-refractivity contribution in [3.8, 4) is 0 Å². The van der Waals surface area contributed by atoms with Crippen LogP contribution < -0.4 is 0 Å². The minimum absolute atomic E-state index is 0.246. The van der Waals surface area contributed by atoms with Gasteiger partial charge in [-0.2, -0.15) is 0 Å². The molecule has 1 N–H and O–H groups in total. The maximum atomic E-state index is 12.3. The van der Waals surface area contributed by atoms with Gasteiger partial charge in [0.15, 0.2) is 0 Å². The Labute approximate surface area is 123 Å². The molecule has 3 unspecified atom stereocenters. The normalized spacial score (nSPS) is 28.1. The van der Waals surface area contributed by atoms with Crippen molar-refractivity contribution in [1.82, 2.24) is 0 Å². The molecule has 0 radical (unpaired) electrons. The van der Waals surface area contributed by atoms with Crippen molar-refractivity contribution in [2.24, 2.45) is 11.8 Å². The molecule has 1 aliphatic carbocycles. The fourth-order valence-corrected chi connectivity index (χ4v) is 3.48. The summed E-state index contributed by atoms with van der Waals surface area (Å²) in [5, 5.41) is 11.3. The summed E-state index contributed by atoms with van der Waals surface area (Å²) >= 11 is 0. The molecule has 1 rings (SSSR count). The van der Waals surface area contributed by atoms with Gasteiger partial charge in [-0.25, -0.2) is 0 Å². The van der Waals surface area contributed by atoms with Gasteiger partial charge >= 0.3 is 5.97 Å². The Kier molecular flexibility index (Phi) is 6.25. The number of rotatable bonds is 5. The molecule has 116 valence electrons. The number of esters is 1. The van der Waals surface area contributed by atoms with E-state index in [-0.39, 0.29) is 5.97 Å². The number of hydrogen-bond acceptors (Lipinski definition) is 3. The second kappa shape index (κ2) is 7.26. The number of carbonyl (C=O) groups is 1. The van der Waals surface area contributed by atoms with E-state index in [0.29, 0.717) is 25.4 Å². The highest BCUT2D eigenvalue weighted by atomic mass is 16.5. The van der Waals surface area contributed by atoms with Gasteiger partial charge in [0.1, 0.15) is 0 Å². The molecule has 0 aromatic heterocycles. The standard InChI is InChI=1S/C17H30O3/c1-6-8-15(16(18)20-7-2)17(19)11-13(5)9-10-14(17)12(3)4/h13,15,19H,6-11H2,1-5H3. The maximum absolute atomic E-state index is 12.3. The van der Waals surface area contributed by atoms with Crippen LogP contribution in [0.3, 0.4) is 0 Å². The van der Waals surface area contributed by atoms with Crippen LogP contribution in [0.4, 0.5) is 0 Å². The van der Waals surface area contributed by atoms with Crippen LogP contribution in [0.25, 0.3) is 0 Å². The van der Waals surface area contributed by atoms with Gasteiger partial charge in [-0.05, 0) is 57.9 Å². The third-order valence-electron chi connectivity index (χ3n) is 4.40. The lowest BCUT2D eigenvalue weighted by molar-refractivity contribution is -0.158. The van der Waals surface area contributed by atoms with Crippen molar-refractivity contribution in [2.75, 3.05) is 6.61 Å². The summed E-state index contributed by atoms with van der Waals surface area (Å²) < 4.78 is 5.22. The lowest BCUT2D eigenvalue weighted by Crippen LogP contribution is -2.48.